The lowest BCUT2D eigenvalue weighted by Gasteiger charge is -2.03. The number of nitrogens with two attached hydrogens (primary N) is 1. The van der Waals surface area contributed by atoms with Gasteiger partial charge in [0.05, 0.1) is 5.69 Å². The van der Waals surface area contributed by atoms with Crippen molar-refractivity contribution < 1.29 is 5.11 Å². The number of phenolic OH excluding ortho intramolecular Hbond substituents is 1. The first-order valence-corrected chi connectivity index (χ1v) is 4.53. The predicted molar refractivity (Wildman–Crippen MR) is 52.6 cm³/mol. The molecule has 62 valence electrons. The minimum atomic E-state index is 0.214. The van der Waals surface area contributed by atoms with Gasteiger partial charge >= 0.3 is 0 Å². The number of hydrogen-bond acceptors (Lipinski definition) is 3. The summed E-state index contributed by atoms with van der Waals surface area (Å²) in [5.41, 5.74) is 7.08. The molecule has 0 radical (unpaired) electrons. The Labute approximate surface area is 74.3 Å². The minimum Gasteiger partial charge on any atom is -0.505 e. The van der Waals surface area contributed by atoms with Crippen LogP contribution in [-0.4, -0.2) is 5.11 Å². The number of aromatic hydroxyl groups is 1. The number of hydrogen-bond donors (Lipinski definition) is 2. The third kappa shape index (κ3) is 0.865. The van der Waals surface area contributed by atoms with Crippen LogP contribution in [-0.2, 0) is 0 Å². The molecule has 12 heavy (non-hydrogen) atoms. The fraction of sp³-hybridized carbons (Fsp3) is 0.111. The van der Waals surface area contributed by atoms with E-state index in [-0.39, 0.29) is 5.75 Å². The van der Waals surface area contributed by atoms with Crippen molar-refractivity contribution in [2.45, 2.75) is 6.92 Å². The standard InChI is InChI=1S/C9H9NOS/c1-5-4-7-6(2-3-12-7)9(11)8(5)10/h2-4,11H,10H2,1H3. The van der Waals surface area contributed by atoms with Crippen LogP contribution in [0.15, 0.2) is 17.5 Å². The Morgan fingerprint density at radius 2 is 2.25 bits per heavy atom. The Balaban J connectivity index is 2.94. The van der Waals surface area contributed by atoms with Gasteiger partial charge in [-0.05, 0) is 30.0 Å². The molecule has 3 heteroatoms. The van der Waals surface area contributed by atoms with Gasteiger partial charge in [-0.1, -0.05) is 0 Å². The van der Waals surface area contributed by atoms with Crippen molar-refractivity contribution in [2.24, 2.45) is 0 Å². The summed E-state index contributed by atoms with van der Waals surface area (Å²) in [7, 11) is 0. The number of thiophene rings is 1. The second-order valence-electron chi connectivity index (χ2n) is 2.79. The van der Waals surface area contributed by atoms with Gasteiger partial charge in [-0.3, -0.25) is 0 Å². The maximum atomic E-state index is 9.61. The van der Waals surface area contributed by atoms with Gasteiger partial charge in [0.15, 0.2) is 0 Å². The zero-order chi connectivity index (χ0) is 8.72. The second kappa shape index (κ2) is 2.38. The molecule has 2 nitrogen and oxygen atoms in total. The predicted octanol–water partition coefficient (Wildman–Crippen LogP) is 2.50. The molecule has 1 aromatic heterocycles. The molecule has 1 aromatic carbocycles. The van der Waals surface area contributed by atoms with E-state index < -0.39 is 0 Å². The molecular formula is C9H9NOS. The summed E-state index contributed by atoms with van der Waals surface area (Å²) in [6.07, 6.45) is 0. The maximum absolute atomic E-state index is 9.61. The van der Waals surface area contributed by atoms with Gasteiger partial charge in [-0.25, -0.2) is 0 Å². The monoisotopic (exact) mass is 179 g/mol. The third-order valence-electron chi connectivity index (χ3n) is 1.98. The van der Waals surface area contributed by atoms with Crippen LogP contribution in [0.4, 0.5) is 5.69 Å². The molecule has 0 aliphatic carbocycles. The van der Waals surface area contributed by atoms with E-state index in [4.69, 9.17) is 5.73 Å². The van der Waals surface area contributed by atoms with Crippen molar-refractivity contribution in [3.05, 3.63) is 23.1 Å². The molecule has 0 fully saturated rings. The molecule has 2 aromatic rings. The zero-order valence-corrected chi connectivity index (χ0v) is 7.48. The van der Waals surface area contributed by atoms with Crippen LogP contribution in [0.1, 0.15) is 5.56 Å². The summed E-state index contributed by atoms with van der Waals surface area (Å²) in [5.74, 6) is 0.214. The van der Waals surface area contributed by atoms with Crippen LogP contribution in [0.5, 0.6) is 5.75 Å². The van der Waals surface area contributed by atoms with Crippen molar-refractivity contribution >= 4 is 27.1 Å². The SMILES string of the molecule is Cc1cc2sccc2c(O)c1N. The number of phenols is 1. The average molecular weight is 179 g/mol. The number of aryl methyl sites for hydroxylation is 1. The van der Waals surface area contributed by atoms with Crippen molar-refractivity contribution in [3.8, 4) is 5.75 Å². The Morgan fingerprint density at radius 1 is 1.50 bits per heavy atom. The maximum Gasteiger partial charge on any atom is 0.147 e. The fourth-order valence-corrected chi connectivity index (χ4v) is 2.12. The van der Waals surface area contributed by atoms with E-state index in [9.17, 15) is 5.11 Å². The quantitative estimate of drug-likeness (QED) is 0.482. The summed E-state index contributed by atoms with van der Waals surface area (Å²) in [4.78, 5) is 0. The number of rotatable bonds is 0. The van der Waals surface area contributed by atoms with Gasteiger partial charge in [0.25, 0.3) is 0 Å². The lowest BCUT2D eigenvalue weighted by Crippen LogP contribution is -1.89. The summed E-state index contributed by atoms with van der Waals surface area (Å²) in [6.45, 7) is 1.90. The van der Waals surface area contributed by atoms with Crippen molar-refractivity contribution in [1.29, 1.82) is 0 Å². The molecule has 0 saturated heterocycles. The third-order valence-corrected chi connectivity index (χ3v) is 2.84. The van der Waals surface area contributed by atoms with Gasteiger partial charge in [0, 0.05) is 10.1 Å². The molecule has 0 bridgehead atoms. The Morgan fingerprint density at radius 3 is 3.00 bits per heavy atom. The van der Waals surface area contributed by atoms with E-state index in [0.29, 0.717) is 5.69 Å². The average Bonchev–Trinajstić information content (AvgIpc) is 2.48. The lowest BCUT2D eigenvalue weighted by atomic mass is 10.1. The van der Waals surface area contributed by atoms with Gasteiger partial charge < -0.3 is 10.8 Å². The van der Waals surface area contributed by atoms with Crippen LogP contribution in [0.2, 0.25) is 0 Å². The van der Waals surface area contributed by atoms with Crippen LogP contribution in [0.25, 0.3) is 10.1 Å². The molecule has 0 aliphatic rings. The topological polar surface area (TPSA) is 46.2 Å². The summed E-state index contributed by atoms with van der Waals surface area (Å²) >= 11 is 1.61. The highest BCUT2D eigenvalue weighted by atomic mass is 32.1. The van der Waals surface area contributed by atoms with Crippen molar-refractivity contribution in [3.63, 3.8) is 0 Å². The Bertz CT molecular complexity index is 433. The first-order valence-electron chi connectivity index (χ1n) is 3.65. The Hall–Kier alpha value is -1.22. The molecule has 0 atom stereocenters. The molecule has 2 rings (SSSR count). The highest BCUT2D eigenvalue weighted by Gasteiger charge is 2.07. The van der Waals surface area contributed by atoms with Gasteiger partial charge in [0.1, 0.15) is 5.75 Å². The van der Waals surface area contributed by atoms with E-state index in [1.54, 1.807) is 11.3 Å². The van der Waals surface area contributed by atoms with E-state index >= 15 is 0 Å². The fourth-order valence-electron chi connectivity index (χ4n) is 1.23. The first-order chi connectivity index (χ1) is 5.70. The van der Waals surface area contributed by atoms with E-state index in [1.807, 2.05) is 24.4 Å². The van der Waals surface area contributed by atoms with Crippen LogP contribution < -0.4 is 5.73 Å². The molecule has 1 heterocycles. The molecule has 0 saturated carbocycles. The lowest BCUT2D eigenvalue weighted by molar-refractivity contribution is 0.484. The normalized spacial score (nSPS) is 10.8. The molecule has 0 unspecified atom stereocenters. The minimum absolute atomic E-state index is 0.214. The molecular weight excluding hydrogens is 170 g/mol. The molecule has 0 amide bonds. The van der Waals surface area contributed by atoms with Gasteiger partial charge in [-0.2, -0.15) is 0 Å². The van der Waals surface area contributed by atoms with Crippen LogP contribution in [0.3, 0.4) is 0 Å². The van der Waals surface area contributed by atoms with Crippen LogP contribution >= 0.6 is 11.3 Å². The summed E-state index contributed by atoms with van der Waals surface area (Å²) in [6, 6.07) is 3.88. The van der Waals surface area contributed by atoms with E-state index in [0.717, 1.165) is 15.6 Å². The number of anilines is 1. The first kappa shape index (κ1) is 7.43. The van der Waals surface area contributed by atoms with E-state index in [1.165, 1.54) is 0 Å². The number of fused-ring (bicyclic) bond motifs is 1. The van der Waals surface area contributed by atoms with E-state index in [2.05, 4.69) is 0 Å². The summed E-state index contributed by atoms with van der Waals surface area (Å²) in [5, 5.41) is 12.4. The smallest absolute Gasteiger partial charge is 0.147 e. The number of nitrogen functional groups attached to an aromatic ring is 1. The van der Waals surface area contributed by atoms with Crippen molar-refractivity contribution in [1.82, 2.24) is 0 Å². The van der Waals surface area contributed by atoms with Crippen LogP contribution in [0, 0.1) is 6.92 Å². The number of benzene rings is 1. The summed E-state index contributed by atoms with van der Waals surface area (Å²) < 4.78 is 1.08. The van der Waals surface area contributed by atoms with Crippen molar-refractivity contribution in [2.75, 3.05) is 5.73 Å². The second-order valence-corrected chi connectivity index (χ2v) is 3.74. The molecule has 3 N–H and O–H groups in total. The van der Waals surface area contributed by atoms with Gasteiger partial charge in [0.2, 0.25) is 0 Å². The highest BCUT2D eigenvalue weighted by Crippen LogP contribution is 2.35. The largest absolute Gasteiger partial charge is 0.505 e. The van der Waals surface area contributed by atoms with Gasteiger partial charge in [-0.15, -0.1) is 11.3 Å². The highest BCUT2D eigenvalue weighted by molar-refractivity contribution is 7.17. The molecule has 0 spiro atoms. The zero-order valence-electron chi connectivity index (χ0n) is 6.66. The Kier molecular flexibility index (Phi) is 1.48. The molecule has 0 aliphatic heterocycles.